The second-order valence-electron chi connectivity index (χ2n) is 9.40. The topological polar surface area (TPSA) is 96.2 Å². The number of halogens is 3. The van der Waals surface area contributed by atoms with Crippen molar-refractivity contribution >= 4 is 11.8 Å². The largest absolute Gasteiger partial charge is 0.490 e. The van der Waals surface area contributed by atoms with Crippen LogP contribution in [-0.2, 0) is 31.4 Å². The Kier molecular flexibility index (Phi) is 7.30. The molecule has 0 spiro atoms. The number of carboxylic acid groups (broad SMARTS) is 1. The van der Waals surface area contributed by atoms with Gasteiger partial charge in [-0.1, -0.05) is 29.3 Å². The Bertz CT molecular complexity index is 1230. The molecule has 192 valence electrons. The van der Waals surface area contributed by atoms with Gasteiger partial charge in [-0.05, 0) is 32.3 Å². The lowest BCUT2D eigenvalue weighted by atomic mass is 10.0. The van der Waals surface area contributed by atoms with E-state index in [9.17, 15) is 13.2 Å². The van der Waals surface area contributed by atoms with Crippen LogP contribution < -0.4 is 5.32 Å². The summed E-state index contributed by atoms with van der Waals surface area (Å²) >= 11 is 0. The molecule has 36 heavy (non-hydrogen) atoms. The van der Waals surface area contributed by atoms with Crippen molar-refractivity contribution in [2.24, 2.45) is 7.05 Å². The van der Waals surface area contributed by atoms with E-state index in [2.05, 4.69) is 47.4 Å². The molecule has 2 N–H and O–H groups in total. The first-order chi connectivity index (χ1) is 17.0. The van der Waals surface area contributed by atoms with E-state index in [0.29, 0.717) is 6.04 Å². The fourth-order valence-electron chi connectivity index (χ4n) is 4.23. The number of hydrogen-bond acceptors (Lipinski definition) is 6. The summed E-state index contributed by atoms with van der Waals surface area (Å²) in [4.78, 5) is 21.3. The smallest absolute Gasteiger partial charge is 0.475 e. The van der Waals surface area contributed by atoms with Gasteiger partial charge in [0.2, 0.25) is 0 Å². The number of aryl methyl sites for hydroxylation is 3. The molecular formula is C25H29F3N6O2. The van der Waals surface area contributed by atoms with Gasteiger partial charge in [0.15, 0.2) is 5.82 Å². The number of anilines is 1. The Hall–Kier alpha value is -3.47. The van der Waals surface area contributed by atoms with Crippen LogP contribution in [-0.4, -0.2) is 54.5 Å². The standard InChI is InChI=1S/C23H28N6.C2HF3O2/c1-15-8-16(2)10-17(9-15)12-29-7-6-21-20(14-29)23(25-19-4-5-19)27-22(26-21)18-11-24-28(3)13-18;3-2(4,5)1(6)7/h8-11,13,19H,4-7,12,14H2,1-3H3,(H,25,26,27);(H,6,7). The van der Waals surface area contributed by atoms with Gasteiger partial charge in [0.25, 0.3) is 0 Å². The van der Waals surface area contributed by atoms with Gasteiger partial charge in [0, 0.05) is 50.9 Å². The number of rotatable bonds is 5. The number of aromatic nitrogens is 4. The first-order valence-electron chi connectivity index (χ1n) is 11.7. The van der Waals surface area contributed by atoms with E-state index in [1.54, 1.807) is 4.68 Å². The van der Waals surface area contributed by atoms with E-state index in [1.165, 1.54) is 40.8 Å². The highest BCUT2D eigenvalue weighted by Gasteiger charge is 2.38. The molecule has 1 aromatic carbocycles. The Morgan fingerprint density at radius 2 is 1.83 bits per heavy atom. The number of fused-ring (bicyclic) bond motifs is 1. The highest BCUT2D eigenvalue weighted by molar-refractivity contribution is 5.73. The van der Waals surface area contributed by atoms with E-state index >= 15 is 0 Å². The number of benzene rings is 1. The fourth-order valence-corrected chi connectivity index (χ4v) is 4.23. The molecule has 8 nitrogen and oxygen atoms in total. The number of aliphatic carboxylic acids is 1. The van der Waals surface area contributed by atoms with Crippen LogP contribution in [0.1, 0.15) is 40.8 Å². The second-order valence-corrected chi connectivity index (χ2v) is 9.40. The summed E-state index contributed by atoms with van der Waals surface area (Å²) in [5.41, 5.74) is 7.47. The normalized spacial score (nSPS) is 15.6. The minimum Gasteiger partial charge on any atom is -0.475 e. The summed E-state index contributed by atoms with van der Waals surface area (Å²) in [6, 6.07) is 7.40. The number of nitrogens with one attached hydrogen (secondary N) is 1. The third kappa shape index (κ3) is 6.60. The van der Waals surface area contributed by atoms with Crippen molar-refractivity contribution in [3.63, 3.8) is 0 Å². The van der Waals surface area contributed by atoms with Crippen LogP contribution in [0.25, 0.3) is 11.4 Å². The minimum atomic E-state index is -5.08. The predicted molar refractivity (Wildman–Crippen MR) is 128 cm³/mol. The third-order valence-corrected chi connectivity index (χ3v) is 5.95. The maximum atomic E-state index is 10.6. The Labute approximate surface area is 207 Å². The lowest BCUT2D eigenvalue weighted by molar-refractivity contribution is -0.192. The van der Waals surface area contributed by atoms with E-state index in [4.69, 9.17) is 19.9 Å². The summed E-state index contributed by atoms with van der Waals surface area (Å²) < 4.78 is 33.5. The van der Waals surface area contributed by atoms with Crippen molar-refractivity contribution in [2.45, 2.75) is 58.4 Å². The van der Waals surface area contributed by atoms with E-state index in [0.717, 1.165) is 43.3 Å². The van der Waals surface area contributed by atoms with Crippen LogP contribution in [0.4, 0.5) is 19.0 Å². The first-order valence-corrected chi connectivity index (χ1v) is 11.7. The molecule has 11 heteroatoms. The van der Waals surface area contributed by atoms with Crippen molar-refractivity contribution in [3.05, 3.63) is 58.5 Å². The van der Waals surface area contributed by atoms with E-state index < -0.39 is 12.1 Å². The molecule has 5 rings (SSSR count). The SMILES string of the molecule is Cc1cc(C)cc(CN2CCc3nc(-c4cnn(C)c4)nc(NC4CC4)c3C2)c1.O=C(O)C(F)(F)F. The summed E-state index contributed by atoms with van der Waals surface area (Å²) in [7, 11) is 1.93. The fraction of sp³-hybridized carbons (Fsp3) is 0.440. The zero-order valence-electron chi connectivity index (χ0n) is 20.4. The maximum Gasteiger partial charge on any atom is 0.490 e. The molecule has 1 saturated carbocycles. The first kappa shape index (κ1) is 25.6. The molecule has 1 aliphatic carbocycles. The number of carboxylic acids is 1. The molecule has 2 aliphatic rings. The van der Waals surface area contributed by atoms with Gasteiger partial charge in [0.1, 0.15) is 5.82 Å². The molecule has 0 radical (unpaired) electrons. The van der Waals surface area contributed by atoms with Crippen LogP contribution in [0.15, 0.2) is 30.6 Å². The lowest BCUT2D eigenvalue weighted by Crippen LogP contribution is -2.32. The van der Waals surface area contributed by atoms with Gasteiger partial charge in [-0.2, -0.15) is 18.3 Å². The minimum absolute atomic E-state index is 0.561. The average molecular weight is 503 g/mol. The zero-order chi connectivity index (χ0) is 26.0. The summed E-state index contributed by atoms with van der Waals surface area (Å²) in [6.45, 7) is 7.23. The van der Waals surface area contributed by atoms with Gasteiger partial charge < -0.3 is 10.4 Å². The van der Waals surface area contributed by atoms with Crippen LogP contribution in [0.3, 0.4) is 0 Å². The number of hydrogen-bond donors (Lipinski definition) is 2. The maximum absolute atomic E-state index is 10.6. The molecule has 0 atom stereocenters. The van der Waals surface area contributed by atoms with Crippen molar-refractivity contribution in [1.82, 2.24) is 24.6 Å². The van der Waals surface area contributed by atoms with Gasteiger partial charge in [0.05, 0.1) is 17.5 Å². The third-order valence-electron chi connectivity index (χ3n) is 5.95. The van der Waals surface area contributed by atoms with Gasteiger partial charge in [-0.15, -0.1) is 0 Å². The van der Waals surface area contributed by atoms with Gasteiger partial charge in [-0.3, -0.25) is 9.58 Å². The van der Waals surface area contributed by atoms with Crippen molar-refractivity contribution in [3.8, 4) is 11.4 Å². The molecule has 1 fully saturated rings. The Morgan fingerprint density at radius 3 is 2.39 bits per heavy atom. The van der Waals surface area contributed by atoms with E-state index in [1.807, 2.05) is 19.4 Å². The Morgan fingerprint density at radius 1 is 1.17 bits per heavy atom. The van der Waals surface area contributed by atoms with Crippen molar-refractivity contribution in [1.29, 1.82) is 0 Å². The van der Waals surface area contributed by atoms with Crippen molar-refractivity contribution in [2.75, 3.05) is 11.9 Å². The summed E-state index contributed by atoms with van der Waals surface area (Å²) in [5, 5.41) is 15.1. The molecule has 0 saturated heterocycles. The number of alkyl halides is 3. The monoisotopic (exact) mass is 502 g/mol. The van der Waals surface area contributed by atoms with Gasteiger partial charge >= 0.3 is 12.1 Å². The lowest BCUT2D eigenvalue weighted by Gasteiger charge is -2.30. The molecule has 0 amide bonds. The molecule has 3 aromatic rings. The van der Waals surface area contributed by atoms with Crippen LogP contribution in [0.5, 0.6) is 0 Å². The van der Waals surface area contributed by atoms with Crippen LogP contribution in [0, 0.1) is 13.8 Å². The molecule has 0 unspecified atom stereocenters. The molecule has 3 heterocycles. The molecule has 2 aromatic heterocycles. The summed E-state index contributed by atoms with van der Waals surface area (Å²) in [5.74, 6) is -0.961. The highest BCUT2D eigenvalue weighted by atomic mass is 19.4. The predicted octanol–water partition coefficient (Wildman–Crippen LogP) is 4.26. The summed E-state index contributed by atoms with van der Waals surface area (Å²) in [6.07, 6.45) is 2.16. The second kappa shape index (κ2) is 10.3. The molecule has 1 aliphatic heterocycles. The highest BCUT2D eigenvalue weighted by Crippen LogP contribution is 2.32. The van der Waals surface area contributed by atoms with Gasteiger partial charge in [-0.25, -0.2) is 14.8 Å². The zero-order valence-corrected chi connectivity index (χ0v) is 20.4. The molecule has 0 bridgehead atoms. The van der Waals surface area contributed by atoms with Crippen LogP contribution >= 0.6 is 0 Å². The van der Waals surface area contributed by atoms with Crippen LogP contribution in [0.2, 0.25) is 0 Å². The average Bonchev–Trinajstić information content (AvgIpc) is 3.49. The Balaban J connectivity index is 0.000000384. The van der Waals surface area contributed by atoms with Crippen molar-refractivity contribution < 1.29 is 23.1 Å². The quantitative estimate of drug-likeness (QED) is 0.538. The number of carbonyl (C=O) groups is 1. The number of nitrogens with zero attached hydrogens (tertiary/aromatic N) is 5. The van der Waals surface area contributed by atoms with E-state index in [-0.39, 0.29) is 0 Å². The molecular weight excluding hydrogens is 473 g/mol.